The highest BCUT2D eigenvalue weighted by Crippen LogP contribution is 2.30. The van der Waals surface area contributed by atoms with E-state index < -0.39 is 0 Å². The van der Waals surface area contributed by atoms with Gasteiger partial charge in [-0.05, 0) is 78.8 Å². The topological polar surface area (TPSA) is 56.1 Å². The van der Waals surface area contributed by atoms with Crippen molar-refractivity contribution in [1.29, 1.82) is 5.26 Å². The number of carbonyl (C=O) groups is 1. The molecule has 0 atom stereocenters. The zero-order valence-electron chi connectivity index (χ0n) is 18.1. The van der Waals surface area contributed by atoms with E-state index >= 15 is 0 Å². The van der Waals surface area contributed by atoms with E-state index in [1.807, 2.05) is 42.5 Å². The molecule has 4 rings (SSSR count). The molecule has 0 spiro atoms. The second-order valence-corrected chi connectivity index (χ2v) is 8.96. The maximum Gasteiger partial charge on any atom is 0.244 e. The molecule has 0 saturated heterocycles. The Hall–Kier alpha value is -2.90. The summed E-state index contributed by atoms with van der Waals surface area (Å²) in [7, 11) is 0. The number of hydrogen-bond donors (Lipinski definition) is 1. The van der Waals surface area contributed by atoms with Crippen LogP contribution in [0, 0.1) is 23.2 Å². The normalized spacial score (nSPS) is 21.4. The number of fused-ring (bicyclic) bond motifs is 1. The minimum absolute atomic E-state index is 0.00491. The van der Waals surface area contributed by atoms with Crippen molar-refractivity contribution in [3.63, 3.8) is 0 Å². The third kappa shape index (κ3) is 6.06. The molecule has 1 saturated carbocycles. The first-order chi connectivity index (χ1) is 15.2. The molecule has 1 heterocycles. The molecule has 2 aromatic rings. The van der Waals surface area contributed by atoms with Crippen LogP contribution in [0.1, 0.15) is 47.9 Å². The number of carbonyl (C=O) groups excluding carboxylic acids is 1. The number of benzene rings is 2. The smallest absolute Gasteiger partial charge is 0.244 e. The molecule has 1 aliphatic heterocycles. The van der Waals surface area contributed by atoms with Gasteiger partial charge in [0.2, 0.25) is 5.91 Å². The number of hydrogen-bond acceptors (Lipinski definition) is 3. The van der Waals surface area contributed by atoms with Crippen LogP contribution >= 0.6 is 0 Å². The van der Waals surface area contributed by atoms with E-state index in [-0.39, 0.29) is 5.91 Å². The molecule has 1 aliphatic carbocycles. The summed E-state index contributed by atoms with van der Waals surface area (Å²) >= 11 is 0. The molecule has 1 fully saturated rings. The number of nitriles is 1. The van der Waals surface area contributed by atoms with Crippen molar-refractivity contribution < 1.29 is 4.79 Å². The first-order valence-electron chi connectivity index (χ1n) is 11.4. The molecule has 2 aromatic carbocycles. The van der Waals surface area contributed by atoms with Crippen LogP contribution in [0.4, 0.5) is 0 Å². The van der Waals surface area contributed by atoms with Crippen LogP contribution in [0.3, 0.4) is 0 Å². The van der Waals surface area contributed by atoms with E-state index in [1.54, 1.807) is 6.08 Å². The van der Waals surface area contributed by atoms with Crippen LogP contribution < -0.4 is 5.32 Å². The van der Waals surface area contributed by atoms with Crippen molar-refractivity contribution in [3.05, 3.63) is 76.9 Å². The van der Waals surface area contributed by atoms with Crippen molar-refractivity contribution in [1.82, 2.24) is 10.2 Å². The molecule has 0 unspecified atom stereocenters. The van der Waals surface area contributed by atoms with Gasteiger partial charge in [-0.1, -0.05) is 36.4 Å². The van der Waals surface area contributed by atoms with Crippen LogP contribution in [0.25, 0.3) is 6.08 Å². The van der Waals surface area contributed by atoms with Gasteiger partial charge in [0.25, 0.3) is 0 Å². The van der Waals surface area contributed by atoms with E-state index in [0.29, 0.717) is 5.92 Å². The first-order valence-corrected chi connectivity index (χ1v) is 11.4. The Morgan fingerprint density at radius 1 is 1.06 bits per heavy atom. The van der Waals surface area contributed by atoms with Crippen molar-refractivity contribution in [2.24, 2.45) is 11.8 Å². The average molecular weight is 414 g/mol. The van der Waals surface area contributed by atoms with Gasteiger partial charge in [-0.15, -0.1) is 0 Å². The van der Waals surface area contributed by atoms with Crippen molar-refractivity contribution in [2.45, 2.75) is 38.6 Å². The van der Waals surface area contributed by atoms with Gasteiger partial charge in [0.15, 0.2) is 0 Å². The maximum absolute atomic E-state index is 12.1. The van der Waals surface area contributed by atoms with E-state index in [0.717, 1.165) is 49.6 Å². The molecule has 160 valence electrons. The summed E-state index contributed by atoms with van der Waals surface area (Å²) in [5, 5.41) is 12.2. The second kappa shape index (κ2) is 10.4. The Morgan fingerprint density at radius 2 is 1.84 bits per heavy atom. The fourth-order valence-electron chi connectivity index (χ4n) is 4.86. The Bertz CT molecular complexity index is 952. The number of nitrogens with one attached hydrogen (secondary N) is 1. The Balaban J connectivity index is 1.18. The van der Waals surface area contributed by atoms with E-state index in [1.165, 1.54) is 36.8 Å². The quantitative estimate of drug-likeness (QED) is 0.707. The SMILES string of the molecule is N#Cc1ccc2c(c1)CN(CC1CCC(CNC(=O)C=Cc3ccccc3)CC1)CC2. The lowest BCUT2D eigenvalue weighted by molar-refractivity contribution is -0.116. The highest BCUT2D eigenvalue weighted by atomic mass is 16.1. The van der Waals surface area contributed by atoms with Crippen molar-refractivity contribution >= 4 is 12.0 Å². The Kier molecular flexibility index (Phi) is 7.17. The summed E-state index contributed by atoms with van der Waals surface area (Å²) in [6.45, 7) is 4.01. The number of rotatable bonds is 6. The van der Waals surface area contributed by atoms with Crippen molar-refractivity contribution in [3.8, 4) is 6.07 Å². The van der Waals surface area contributed by atoms with Gasteiger partial charge in [0.1, 0.15) is 0 Å². The molecule has 1 N–H and O–H groups in total. The summed E-state index contributed by atoms with van der Waals surface area (Å²) in [5.74, 6) is 1.32. The van der Waals surface area contributed by atoms with E-state index in [2.05, 4.69) is 28.4 Å². The molecule has 0 aromatic heterocycles. The van der Waals surface area contributed by atoms with Crippen molar-refractivity contribution in [2.75, 3.05) is 19.6 Å². The molecule has 31 heavy (non-hydrogen) atoms. The minimum Gasteiger partial charge on any atom is -0.352 e. The molecule has 1 amide bonds. The van der Waals surface area contributed by atoms with Crippen LogP contribution in [-0.4, -0.2) is 30.4 Å². The largest absolute Gasteiger partial charge is 0.352 e. The number of amides is 1. The molecule has 0 radical (unpaired) electrons. The minimum atomic E-state index is -0.00491. The predicted molar refractivity (Wildman–Crippen MR) is 124 cm³/mol. The monoisotopic (exact) mass is 413 g/mol. The van der Waals surface area contributed by atoms with Gasteiger partial charge in [-0.2, -0.15) is 5.26 Å². The van der Waals surface area contributed by atoms with Gasteiger partial charge in [-0.3, -0.25) is 9.69 Å². The summed E-state index contributed by atoms with van der Waals surface area (Å²) in [4.78, 5) is 14.7. The molecule has 4 heteroatoms. The highest BCUT2D eigenvalue weighted by Gasteiger charge is 2.25. The van der Waals surface area contributed by atoms with Gasteiger partial charge in [0, 0.05) is 32.3 Å². The third-order valence-corrected chi connectivity index (χ3v) is 6.70. The van der Waals surface area contributed by atoms with E-state index in [4.69, 9.17) is 5.26 Å². The maximum atomic E-state index is 12.1. The number of nitrogens with zero attached hydrogens (tertiary/aromatic N) is 2. The van der Waals surface area contributed by atoms with E-state index in [9.17, 15) is 4.79 Å². The van der Waals surface area contributed by atoms with Crippen LogP contribution in [0.5, 0.6) is 0 Å². The van der Waals surface area contributed by atoms with Gasteiger partial charge in [0.05, 0.1) is 11.6 Å². The fourth-order valence-corrected chi connectivity index (χ4v) is 4.86. The van der Waals surface area contributed by atoms with Crippen LogP contribution in [-0.2, 0) is 17.8 Å². The molecule has 2 aliphatic rings. The lowest BCUT2D eigenvalue weighted by Gasteiger charge is -2.35. The summed E-state index contributed by atoms with van der Waals surface area (Å²) in [6.07, 6.45) is 9.44. The standard InChI is InChI=1S/C27H31N3O/c28-17-24-10-12-25-14-15-30(20-26(25)16-24)19-23-8-6-22(7-9-23)18-29-27(31)13-11-21-4-2-1-3-5-21/h1-5,10-13,16,22-23H,6-9,14-15,18-20H2,(H,29,31). The Morgan fingerprint density at radius 3 is 2.61 bits per heavy atom. The van der Waals surface area contributed by atoms with Gasteiger partial charge in [-0.25, -0.2) is 0 Å². The molecular weight excluding hydrogens is 382 g/mol. The summed E-state index contributed by atoms with van der Waals surface area (Å²) in [5.41, 5.74) is 4.53. The zero-order chi connectivity index (χ0) is 21.5. The summed E-state index contributed by atoms with van der Waals surface area (Å²) in [6, 6.07) is 18.3. The molecular formula is C27H31N3O. The average Bonchev–Trinajstić information content (AvgIpc) is 2.82. The van der Waals surface area contributed by atoms with Crippen LogP contribution in [0.15, 0.2) is 54.6 Å². The van der Waals surface area contributed by atoms with Crippen LogP contribution in [0.2, 0.25) is 0 Å². The first kappa shape index (κ1) is 21.3. The third-order valence-electron chi connectivity index (χ3n) is 6.70. The zero-order valence-corrected chi connectivity index (χ0v) is 18.1. The lowest BCUT2D eigenvalue weighted by Crippen LogP contribution is -2.37. The predicted octanol–water partition coefficient (Wildman–Crippen LogP) is 4.55. The highest BCUT2D eigenvalue weighted by molar-refractivity contribution is 5.91. The summed E-state index contributed by atoms with van der Waals surface area (Å²) < 4.78 is 0. The molecule has 0 bridgehead atoms. The molecule has 4 nitrogen and oxygen atoms in total. The second-order valence-electron chi connectivity index (χ2n) is 8.96. The van der Waals surface area contributed by atoms with Gasteiger partial charge >= 0.3 is 0 Å². The van der Waals surface area contributed by atoms with Gasteiger partial charge < -0.3 is 5.32 Å². The fraction of sp³-hybridized carbons (Fsp3) is 0.407. The lowest BCUT2D eigenvalue weighted by atomic mass is 9.81. The Labute approximate surface area is 185 Å².